The Labute approximate surface area is 140 Å². The van der Waals surface area contributed by atoms with Gasteiger partial charge in [-0.2, -0.15) is 0 Å². The summed E-state index contributed by atoms with van der Waals surface area (Å²) in [6.07, 6.45) is 0. The Kier molecular flexibility index (Phi) is 5.05. The maximum absolute atomic E-state index is 11.9. The smallest absolute Gasteiger partial charge is 0.258 e. The Morgan fingerprint density at radius 3 is 2.50 bits per heavy atom. The van der Waals surface area contributed by atoms with Gasteiger partial charge in [0.05, 0.1) is 6.61 Å². The van der Waals surface area contributed by atoms with Gasteiger partial charge in [-0.15, -0.1) is 0 Å². The van der Waals surface area contributed by atoms with Crippen LogP contribution in [0.1, 0.15) is 12.5 Å². The number of amides is 1. The number of fused-ring (bicyclic) bond motifs is 1. The van der Waals surface area contributed by atoms with Gasteiger partial charge in [0, 0.05) is 6.54 Å². The Morgan fingerprint density at radius 2 is 1.75 bits per heavy atom. The molecule has 0 radical (unpaired) electrons. The van der Waals surface area contributed by atoms with Gasteiger partial charge in [0.2, 0.25) is 6.79 Å². The second-order valence-corrected chi connectivity index (χ2v) is 5.16. The highest BCUT2D eigenvalue weighted by Crippen LogP contribution is 2.32. The van der Waals surface area contributed by atoms with E-state index in [0.29, 0.717) is 24.7 Å². The van der Waals surface area contributed by atoms with Crippen LogP contribution in [-0.2, 0) is 11.3 Å². The average Bonchev–Trinajstić information content (AvgIpc) is 3.07. The van der Waals surface area contributed by atoms with Gasteiger partial charge in [0.15, 0.2) is 18.1 Å². The number of hydrogen-bond acceptors (Lipinski definition) is 5. The molecule has 0 aliphatic carbocycles. The van der Waals surface area contributed by atoms with Gasteiger partial charge in [-0.05, 0) is 48.9 Å². The van der Waals surface area contributed by atoms with Gasteiger partial charge in [-0.25, -0.2) is 0 Å². The van der Waals surface area contributed by atoms with Crippen molar-refractivity contribution in [2.45, 2.75) is 13.5 Å². The molecule has 0 fully saturated rings. The predicted octanol–water partition coefficient (Wildman–Crippen LogP) is 2.51. The van der Waals surface area contributed by atoms with Gasteiger partial charge >= 0.3 is 0 Å². The first kappa shape index (κ1) is 16.0. The summed E-state index contributed by atoms with van der Waals surface area (Å²) in [5, 5.41) is 2.81. The molecular formula is C18H19NO5. The van der Waals surface area contributed by atoms with Crippen LogP contribution in [0, 0.1) is 0 Å². The molecule has 1 aliphatic heterocycles. The minimum absolute atomic E-state index is 0.0431. The van der Waals surface area contributed by atoms with Crippen molar-refractivity contribution < 1.29 is 23.7 Å². The molecule has 1 amide bonds. The van der Waals surface area contributed by atoms with Crippen LogP contribution in [0.2, 0.25) is 0 Å². The molecule has 0 saturated carbocycles. The van der Waals surface area contributed by atoms with E-state index in [1.165, 1.54) is 0 Å². The summed E-state index contributed by atoms with van der Waals surface area (Å²) in [4.78, 5) is 11.9. The van der Waals surface area contributed by atoms with E-state index in [2.05, 4.69) is 5.32 Å². The largest absolute Gasteiger partial charge is 0.494 e. The van der Waals surface area contributed by atoms with Gasteiger partial charge < -0.3 is 24.3 Å². The number of benzene rings is 2. The number of carbonyl (C=O) groups excluding carboxylic acids is 1. The van der Waals surface area contributed by atoms with Crippen LogP contribution in [0.3, 0.4) is 0 Å². The van der Waals surface area contributed by atoms with Crippen molar-refractivity contribution in [3.05, 3.63) is 48.0 Å². The molecule has 3 rings (SSSR count). The molecular weight excluding hydrogens is 310 g/mol. The van der Waals surface area contributed by atoms with E-state index in [1.807, 2.05) is 37.3 Å². The second kappa shape index (κ2) is 7.59. The molecule has 0 aromatic heterocycles. The number of nitrogens with one attached hydrogen (secondary N) is 1. The maximum Gasteiger partial charge on any atom is 0.258 e. The Bertz CT molecular complexity index is 699. The first-order valence-electron chi connectivity index (χ1n) is 7.75. The SMILES string of the molecule is CCOc1ccc(OCC(=O)NCc2ccc3c(c2)OCO3)cc1. The topological polar surface area (TPSA) is 66.0 Å². The van der Waals surface area contributed by atoms with Crippen molar-refractivity contribution in [2.75, 3.05) is 20.0 Å². The molecule has 2 aromatic rings. The van der Waals surface area contributed by atoms with Crippen LogP contribution in [0.4, 0.5) is 0 Å². The van der Waals surface area contributed by atoms with Crippen LogP contribution in [0.25, 0.3) is 0 Å². The lowest BCUT2D eigenvalue weighted by Crippen LogP contribution is -2.28. The van der Waals surface area contributed by atoms with E-state index in [0.717, 1.165) is 17.1 Å². The normalized spacial score (nSPS) is 11.9. The van der Waals surface area contributed by atoms with Crippen LogP contribution < -0.4 is 24.3 Å². The third-order valence-corrected chi connectivity index (χ3v) is 3.43. The van der Waals surface area contributed by atoms with E-state index < -0.39 is 0 Å². The zero-order chi connectivity index (χ0) is 16.8. The molecule has 0 spiro atoms. The molecule has 24 heavy (non-hydrogen) atoms. The van der Waals surface area contributed by atoms with Crippen molar-refractivity contribution in [1.82, 2.24) is 5.32 Å². The predicted molar refractivity (Wildman–Crippen MR) is 87.5 cm³/mol. The lowest BCUT2D eigenvalue weighted by Gasteiger charge is -2.09. The maximum atomic E-state index is 11.9. The molecule has 1 heterocycles. The van der Waals surface area contributed by atoms with Gasteiger partial charge in [0.25, 0.3) is 5.91 Å². The first-order chi connectivity index (χ1) is 11.7. The molecule has 0 atom stereocenters. The fourth-order valence-electron chi connectivity index (χ4n) is 2.25. The molecule has 0 bridgehead atoms. The molecule has 126 valence electrons. The summed E-state index contributed by atoms with van der Waals surface area (Å²) in [5.74, 6) is 2.63. The number of carbonyl (C=O) groups is 1. The van der Waals surface area contributed by atoms with Gasteiger partial charge in [-0.1, -0.05) is 6.07 Å². The molecule has 2 aromatic carbocycles. The number of hydrogen-bond donors (Lipinski definition) is 1. The summed E-state index contributed by atoms with van der Waals surface area (Å²) in [6, 6.07) is 12.7. The summed E-state index contributed by atoms with van der Waals surface area (Å²) < 4.78 is 21.4. The van der Waals surface area contributed by atoms with E-state index in [9.17, 15) is 4.79 Å². The zero-order valence-corrected chi connectivity index (χ0v) is 13.4. The monoisotopic (exact) mass is 329 g/mol. The lowest BCUT2D eigenvalue weighted by atomic mass is 10.2. The highest BCUT2D eigenvalue weighted by molar-refractivity contribution is 5.77. The minimum Gasteiger partial charge on any atom is -0.494 e. The fraction of sp³-hybridized carbons (Fsp3) is 0.278. The molecule has 1 aliphatic rings. The molecule has 0 saturated heterocycles. The summed E-state index contributed by atoms with van der Waals surface area (Å²) in [5.41, 5.74) is 0.939. The van der Waals surface area contributed by atoms with E-state index >= 15 is 0 Å². The highest BCUT2D eigenvalue weighted by Gasteiger charge is 2.13. The van der Waals surface area contributed by atoms with Crippen molar-refractivity contribution in [3.63, 3.8) is 0 Å². The first-order valence-corrected chi connectivity index (χ1v) is 7.75. The summed E-state index contributed by atoms with van der Waals surface area (Å²) in [7, 11) is 0. The average molecular weight is 329 g/mol. The lowest BCUT2D eigenvalue weighted by molar-refractivity contribution is -0.123. The van der Waals surface area contributed by atoms with Crippen molar-refractivity contribution in [2.24, 2.45) is 0 Å². The van der Waals surface area contributed by atoms with E-state index in [4.69, 9.17) is 18.9 Å². The highest BCUT2D eigenvalue weighted by atomic mass is 16.7. The van der Waals surface area contributed by atoms with Crippen molar-refractivity contribution in [3.8, 4) is 23.0 Å². The number of rotatable bonds is 7. The zero-order valence-electron chi connectivity index (χ0n) is 13.4. The third-order valence-electron chi connectivity index (χ3n) is 3.43. The van der Waals surface area contributed by atoms with Crippen LogP contribution in [0.15, 0.2) is 42.5 Å². The number of ether oxygens (including phenoxy) is 4. The molecule has 0 unspecified atom stereocenters. The van der Waals surface area contributed by atoms with E-state index in [-0.39, 0.29) is 19.3 Å². The molecule has 1 N–H and O–H groups in total. The van der Waals surface area contributed by atoms with Crippen LogP contribution in [-0.4, -0.2) is 25.9 Å². The Hall–Kier alpha value is -2.89. The van der Waals surface area contributed by atoms with Gasteiger partial charge in [-0.3, -0.25) is 4.79 Å². The summed E-state index contributed by atoms with van der Waals surface area (Å²) in [6.45, 7) is 3.14. The standard InChI is InChI=1S/C18H19NO5/c1-2-21-14-4-6-15(7-5-14)22-11-18(20)19-10-13-3-8-16-17(9-13)24-12-23-16/h3-9H,2,10-12H2,1H3,(H,19,20). The quantitative estimate of drug-likeness (QED) is 0.845. The molecule has 6 heteroatoms. The van der Waals surface area contributed by atoms with Crippen molar-refractivity contribution >= 4 is 5.91 Å². The van der Waals surface area contributed by atoms with Crippen molar-refractivity contribution in [1.29, 1.82) is 0 Å². The minimum atomic E-state index is -0.193. The Morgan fingerprint density at radius 1 is 1.04 bits per heavy atom. The Balaban J connectivity index is 1.44. The second-order valence-electron chi connectivity index (χ2n) is 5.16. The van der Waals surface area contributed by atoms with E-state index in [1.54, 1.807) is 12.1 Å². The van der Waals surface area contributed by atoms with Crippen LogP contribution in [0.5, 0.6) is 23.0 Å². The summed E-state index contributed by atoms with van der Waals surface area (Å²) >= 11 is 0. The van der Waals surface area contributed by atoms with Gasteiger partial charge in [0.1, 0.15) is 11.5 Å². The van der Waals surface area contributed by atoms with Crippen LogP contribution >= 0.6 is 0 Å². The third kappa shape index (κ3) is 4.10. The molecule has 6 nitrogen and oxygen atoms in total. The fourth-order valence-corrected chi connectivity index (χ4v) is 2.25.